The highest BCUT2D eigenvalue weighted by Gasteiger charge is 2.19. The van der Waals surface area contributed by atoms with Gasteiger partial charge in [-0.1, -0.05) is 6.07 Å². The van der Waals surface area contributed by atoms with Crippen LogP contribution in [-0.2, 0) is 0 Å². The average molecular weight is 349 g/mol. The number of anilines is 1. The van der Waals surface area contributed by atoms with Crippen LogP contribution in [0.25, 0.3) is 0 Å². The molecule has 0 radical (unpaired) electrons. The summed E-state index contributed by atoms with van der Waals surface area (Å²) in [6.45, 7) is 2.11. The summed E-state index contributed by atoms with van der Waals surface area (Å²) in [5.41, 5.74) is 0.838. The molecule has 1 aliphatic heterocycles. The minimum absolute atomic E-state index is 0.742. The van der Waals surface area contributed by atoms with Crippen molar-refractivity contribution in [1.29, 1.82) is 0 Å². The second kappa shape index (κ2) is 6.35. The molecule has 0 spiro atoms. The number of methoxy groups -OCH3 is 1. The SMILES string of the molecule is COc1cccc(N=Cc2cc(Br)c(N3CCCC3)o2)c1. The summed E-state index contributed by atoms with van der Waals surface area (Å²) in [6.07, 6.45) is 4.18. The van der Waals surface area contributed by atoms with E-state index in [2.05, 4.69) is 25.8 Å². The Morgan fingerprint density at radius 1 is 1.29 bits per heavy atom. The van der Waals surface area contributed by atoms with Crippen LogP contribution in [0.3, 0.4) is 0 Å². The lowest BCUT2D eigenvalue weighted by atomic mass is 10.3. The molecular formula is C16H17BrN2O2. The van der Waals surface area contributed by atoms with Crippen LogP contribution in [0.4, 0.5) is 11.6 Å². The number of aliphatic imine (C=N–C) groups is 1. The third-order valence-electron chi connectivity index (χ3n) is 3.48. The van der Waals surface area contributed by atoms with Crippen molar-refractivity contribution in [2.75, 3.05) is 25.1 Å². The van der Waals surface area contributed by atoms with E-state index in [4.69, 9.17) is 9.15 Å². The van der Waals surface area contributed by atoms with Gasteiger partial charge in [-0.2, -0.15) is 0 Å². The van der Waals surface area contributed by atoms with Crippen LogP contribution in [0.5, 0.6) is 5.75 Å². The molecule has 1 saturated heterocycles. The van der Waals surface area contributed by atoms with Gasteiger partial charge in [-0.3, -0.25) is 4.99 Å². The van der Waals surface area contributed by atoms with Gasteiger partial charge in [-0.25, -0.2) is 0 Å². The normalized spacial score (nSPS) is 15.0. The molecule has 0 aliphatic carbocycles. The molecular weight excluding hydrogens is 332 g/mol. The van der Waals surface area contributed by atoms with Gasteiger partial charge in [0, 0.05) is 25.2 Å². The van der Waals surface area contributed by atoms with Gasteiger partial charge in [-0.05, 0) is 40.9 Å². The number of ether oxygens (including phenoxy) is 1. The fourth-order valence-electron chi connectivity index (χ4n) is 2.40. The molecule has 21 heavy (non-hydrogen) atoms. The summed E-state index contributed by atoms with van der Waals surface area (Å²) in [6, 6.07) is 9.58. The van der Waals surface area contributed by atoms with Gasteiger partial charge in [0.15, 0.2) is 0 Å². The number of benzene rings is 1. The molecule has 3 rings (SSSR count). The maximum atomic E-state index is 5.88. The van der Waals surface area contributed by atoms with Crippen molar-refractivity contribution in [3.63, 3.8) is 0 Å². The minimum Gasteiger partial charge on any atom is -0.497 e. The number of halogens is 1. The summed E-state index contributed by atoms with van der Waals surface area (Å²) in [7, 11) is 1.65. The zero-order valence-corrected chi connectivity index (χ0v) is 13.5. The van der Waals surface area contributed by atoms with Crippen LogP contribution in [0.2, 0.25) is 0 Å². The second-order valence-electron chi connectivity index (χ2n) is 4.96. The van der Waals surface area contributed by atoms with Gasteiger partial charge < -0.3 is 14.1 Å². The predicted octanol–water partition coefficient (Wildman–Crippen LogP) is 4.40. The first-order valence-corrected chi connectivity index (χ1v) is 7.78. The van der Waals surface area contributed by atoms with E-state index in [0.29, 0.717) is 0 Å². The molecule has 0 amide bonds. The lowest BCUT2D eigenvalue weighted by Crippen LogP contribution is -2.17. The Balaban J connectivity index is 1.78. The van der Waals surface area contributed by atoms with E-state index >= 15 is 0 Å². The van der Waals surface area contributed by atoms with Gasteiger partial charge in [0.2, 0.25) is 5.88 Å². The summed E-state index contributed by atoms with van der Waals surface area (Å²) < 4.78 is 12.0. The van der Waals surface area contributed by atoms with Crippen LogP contribution in [0.15, 0.2) is 44.2 Å². The summed E-state index contributed by atoms with van der Waals surface area (Å²) in [5.74, 6) is 2.44. The first kappa shape index (κ1) is 14.2. The van der Waals surface area contributed by atoms with Gasteiger partial charge in [0.25, 0.3) is 0 Å². The highest BCUT2D eigenvalue weighted by Crippen LogP contribution is 2.32. The van der Waals surface area contributed by atoms with Crippen molar-refractivity contribution in [3.8, 4) is 5.75 Å². The monoisotopic (exact) mass is 348 g/mol. The van der Waals surface area contributed by atoms with Gasteiger partial charge >= 0.3 is 0 Å². The van der Waals surface area contributed by atoms with E-state index in [0.717, 1.165) is 40.6 Å². The predicted molar refractivity (Wildman–Crippen MR) is 88.1 cm³/mol. The van der Waals surface area contributed by atoms with Crippen molar-refractivity contribution >= 4 is 33.7 Å². The number of rotatable bonds is 4. The van der Waals surface area contributed by atoms with Crippen LogP contribution in [0.1, 0.15) is 18.6 Å². The molecule has 5 heteroatoms. The van der Waals surface area contributed by atoms with Crippen molar-refractivity contribution in [3.05, 3.63) is 40.6 Å². The minimum atomic E-state index is 0.742. The molecule has 2 aromatic rings. The Morgan fingerprint density at radius 3 is 2.86 bits per heavy atom. The maximum absolute atomic E-state index is 5.88. The summed E-state index contributed by atoms with van der Waals surface area (Å²) in [5, 5.41) is 0. The lowest BCUT2D eigenvalue weighted by molar-refractivity contribution is 0.415. The van der Waals surface area contributed by atoms with Crippen molar-refractivity contribution in [1.82, 2.24) is 0 Å². The molecule has 2 heterocycles. The molecule has 1 fully saturated rings. The van der Waals surface area contributed by atoms with Gasteiger partial charge in [0.05, 0.1) is 23.5 Å². The summed E-state index contributed by atoms with van der Waals surface area (Å²) >= 11 is 3.56. The fourth-order valence-corrected chi connectivity index (χ4v) is 2.96. The highest BCUT2D eigenvalue weighted by molar-refractivity contribution is 9.10. The second-order valence-corrected chi connectivity index (χ2v) is 5.81. The van der Waals surface area contributed by atoms with Crippen molar-refractivity contribution in [2.24, 2.45) is 4.99 Å². The molecule has 0 unspecified atom stereocenters. The molecule has 1 aliphatic rings. The molecule has 0 bridgehead atoms. The van der Waals surface area contributed by atoms with E-state index in [1.807, 2.05) is 30.3 Å². The molecule has 0 atom stereocenters. The Morgan fingerprint density at radius 2 is 2.10 bits per heavy atom. The zero-order chi connectivity index (χ0) is 14.7. The fraction of sp³-hybridized carbons (Fsp3) is 0.312. The van der Waals surface area contributed by atoms with E-state index in [9.17, 15) is 0 Å². The number of furan rings is 1. The Bertz CT molecular complexity index is 645. The quantitative estimate of drug-likeness (QED) is 0.768. The maximum Gasteiger partial charge on any atom is 0.210 e. The van der Waals surface area contributed by atoms with Crippen molar-refractivity contribution < 1.29 is 9.15 Å². The molecule has 1 aromatic carbocycles. The van der Waals surface area contributed by atoms with E-state index in [-0.39, 0.29) is 0 Å². The van der Waals surface area contributed by atoms with Crippen LogP contribution < -0.4 is 9.64 Å². The molecule has 110 valence electrons. The first-order chi connectivity index (χ1) is 10.3. The Hall–Kier alpha value is -1.75. The zero-order valence-electron chi connectivity index (χ0n) is 11.9. The average Bonchev–Trinajstić information content (AvgIpc) is 3.14. The van der Waals surface area contributed by atoms with E-state index in [1.54, 1.807) is 13.3 Å². The number of nitrogens with zero attached hydrogens (tertiary/aromatic N) is 2. The highest BCUT2D eigenvalue weighted by atomic mass is 79.9. The molecule has 1 aromatic heterocycles. The molecule has 4 nitrogen and oxygen atoms in total. The van der Waals surface area contributed by atoms with Crippen LogP contribution >= 0.6 is 15.9 Å². The molecule has 0 N–H and O–H groups in total. The Labute approximate surface area is 132 Å². The Kier molecular flexibility index (Phi) is 4.29. The lowest BCUT2D eigenvalue weighted by Gasteiger charge is -2.13. The number of hydrogen-bond acceptors (Lipinski definition) is 4. The third kappa shape index (κ3) is 3.29. The number of hydrogen-bond donors (Lipinski definition) is 0. The molecule has 0 saturated carbocycles. The van der Waals surface area contributed by atoms with Crippen LogP contribution in [0, 0.1) is 0 Å². The van der Waals surface area contributed by atoms with Gasteiger partial charge in [-0.15, -0.1) is 0 Å². The standard InChI is InChI=1S/C16H17BrN2O2/c1-20-13-6-4-5-12(9-13)18-11-14-10-15(17)16(21-14)19-7-2-3-8-19/h4-6,9-11H,2-3,7-8H2,1H3. The first-order valence-electron chi connectivity index (χ1n) is 6.98. The topological polar surface area (TPSA) is 38.0 Å². The van der Waals surface area contributed by atoms with Gasteiger partial charge in [0.1, 0.15) is 11.5 Å². The van der Waals surface area contributed by atoms with Crippen LogP contribution in [-0.4, -0.2) is 26.4 Å². The summed E-state index contributed by atoms with van der Waals surface area (Å²) in [4.78, 5) is 6.68. The van der Waals surface area contributed by atoms with E-state index in [1.165, 1.54) is 12.8 Å². The smallest absolute Gasteiger partial charge is 0.210 e. The van der Waals surface area contributed by atoms with Crippen molar-refractivity contribution in [2.45, 2.75) is 12.8 Å². The largest absolute Gasteiger partial charge is 0.497 e. The third-order valence-corrected chi connectivity index (χ3v) is 4.04. The van der Waals surface area contributed by atoms with E-state index < -0.39 is 0 Å².